The van der Waals surface area contributed by atoms with Gasteiger partial charge in [-0.25, -0.2) is 0 Å². The lowest BCUT2D eigenvalue weighted by atomic mass is 10.1. The van der Waals surface area contributed by atoms with Gasteiger partial charge in [-0.1, -0.05) is 15.9 Å². The summed E-state index contributed by atoms with van der Waals surface area (Å²) in [4.78, 5) is 13.7. The number of rotatable bonds is 5. The summed E-state index contributed by atoms with van der Waals surface area (Å²) in [6, 6.07) is 2.90. The van der Waals surface area contributed by atoms with Crippen molar-refractivity contribution in [1.29, 1.82) is 0 Å². The number of nitrogens with one attached hydrogen (secondary N) is 1. The molecule has 1 N–H and O–H groups in total. The van der Waals surface area contributed by atoms with E-state index in [0.29, 0.717) is 17.6 Å². The Kier molecular flexibility index (Phi) is 6.07. The largest absolute Gasteiger partial charge is 0.418 e. The van der Waals surface area contributed by atoms with E-state index in [2.05, 4.69) is 21.2 Å². The second-order valence-corrected chi connectivity index (χ2v) is 5.48. The Morgan fingerprint density at radius 1 is 1.33 bits per heavy atom. The van der Waals surface area contributed by atoms with E-state index in [1.165, 1.54) is 12.1 Å². The Hall–Kier alpha value is -1.24. The van der Waals surface area contributed by atoms with E-state index in [9.17, 15) is 18.0 Å². The molecule has 3 nitrogen and oxygen atoms in total. The van der Waals surface area contributed by atoms with Crippen molar-refractivity contribution >= 4 is 27.5 Å². The minimum atomic E-state index is -4.47. The molecule has 118 valence electrons. The van der Waals surface area contributed by atoms with Crippen molar-refractivity contribution in [1.82, 2.24) is 4.90 Å². The molecule has 7 heteroatoms. The highest BCUT2D eigenvalue weighted by Crippen LogP contribution is 2.36. The minimum absolute atomic E-state index is 0.107. The molecule has 0 spiro atoms. The van der Waals surface area contributed by atoms with Crippen molar-refractivity contribution < 1.29 is 18.0 Å². The van der Waals surface area contributed by atoms with E-state index >= 15 is 0 Å². The van der Waals surface area contributed by atoms with Crippen LogP contribution >= 0.6 is 15.9 Å². The fourth-order valence-corrected chi connectivity index (χ4v) is 2.35. The van der Waals surface area contributed by atoms with Crippen LogP contribution in [0.15, 0.2) is 22.7 Å². The maximum atomic E-state index is 13.0. The zero-order valence-electron chi connectivity index (χ0n) is 12.1. The number of likely N-dealkylation sites (N-methyl/N-ethyl adjacent to an activating group) is 1. The number of hydrogen-bond donors (Lipinski definition) is 1. The average Bonchev–Trinajstić information content (AvgIpc) is 2.38. The molecule has 0 heterocycles. The molecule has 1 aromatic rings. The molecule has 1 amide bonds. The van der Waals surface area contributed by atoms with Gasteiger partial charge in [0.15, 0.2) is 0 Å². The van der Waals surface area contributed by atoms with Gasteiger partial charge in [0.1, 0.15) is 6.04 Å². The molecule has 0 fully saturated rings. The van der Waals surface area contributed by atoms with Crippen molar-refractivity contribution in [3.8, 4) is 0 Å². The van der Waals surface area contributed by atoms with Crippen molar-refractivity contribution in [2.24, 2.45) is 0 Å². The predicted molar refractivity (Wildman–Crippen MR) is 80.2 cm³/mol. The van der Waals surface area contributed by atoms with E-state index in [1.54, 1.807) is 11.8 Å². The third-order valence-electron chi connectivity index (χ3n) is 3.10. The number of halogens is 4. The molecular formula is C14H18BrF3N2O. The summed E-state index contributed by atoms with van der Waals surface area (Å²) >= 11 is 3.14. The monoisotopic (exact) mass is 366 g/mol. The Morgan fingerprint density at radius 3 is 2.38 bits per heavy atom. The molecule has 1 aromatic carbocycles. The van der Waals surface area contributed by atoms with Crippen LogP contribution in [0.25, 0.3) is 0 Å². The van der Waals surface area contributed by atoms with E-state index in [0.717, 1.165) is 6.07 Å². The van der Waals surface area contributed by atoms with Crippen molar-refractivity contribution in [2.45, 2.75) is 33.0 Å². The molecule has 21 heavy (non-hydrogen) atoms. The maximum Gasteiger partial charge on any atom is 0.418 e. The van der Waals surface area contributed by atoms with E-state index in [-0.39, 0.29) is 11.6 Å². The molecule has 1 atom stereocenters. The molecule has 0 saturated heterocycles. The van der Waals surface area contributed by atoms with Crippen LogP contribution in [-0.2, 0) is 11.0 Å². The van der Waals surface area contributed by atoms with Gasteiger partial charge in [-0.15, -0.1) is 0 Å². The number of carbonyl (C=O) groups excluding carboxylic acids is 1. The summed E-state index contributed by atoms with van der Waals surface area (Å²) in [6.07, 6.45) is -4.47. The Bertz CT molecular complexity index is 501. The third-order valence-corrected chi connectivity index (χ3v) is 3.60. The number of hydrogen-bond acceptors (Lipinski definition) is 2. The number of anilines is 1. The third kappa shape index (κ3) is 4.62. The van der Waals surface area contributed by atoms with Crippen LogP contribution in [0.1, 0.15) is 26.3 Å². The Morgan fingerprint density at radius 2 is 1.90 bits per heavy atom. The highest BCUT2D eigenvalue weighted by atomic mass is 79.9. The summed E-state index contributed by atoms with van der Waals surface area (Å²) in [5.74, 6) is -0.229. The molecule has 0 saturated carbocycles. The fourth-order valence-electron chi connectivity index (χ4n) is 1.99. The second-order valence-electron chi connectivity index (χ2n) is 4.56. The smallest absolute Gasteiger partial charge is 0.373 e. The second kappa shape index (κ2) is 7.15. The van der Waals surface area contributed by atoms with Gasteiger partial charge in [0, 0.05) is 23.2 Å². The minimum Gasteiger partial charge on any atom is -0.373 e. The van der Waals surface area contributed by atoms with Gasteiger partial charge < -0.3 is 10.2 Å². The van der Waals surface area contributed by atoms with Crippen molar-refractivity contribution in [2.75, 3.05) is 18.4 Å². The fraction of sp³-hybridized carbons (Fsp3) is 0.500. The Labute approximate surface area is 130 Å². The van der Waals surface area contributed by atoms with Gasteiger partial charge >= 0.3 is 6.18 Å². The lowest BCUT2D eigenvalue weighted by Gasteiger charge is -2.25. The summed E-state index contributed by atoms with van der Waals surface area (Å²) in [5.41, 5.74) is -0.894. The highest BCUT2D eigenvalue weighted by molar-refractivity contribution is 9.10. The van der Waals surface area contributed by atoms with Crippen LogP contribution in [0.3, 0.4) is 0 Å². The number of nitrogens with zero attached hydrogens (tertiary/aromatic N) is 1. The Balaban J connectivity index is 3.02. The first-order valence-corrected chi connectivity index (χ1v) is 7.42. The zero-order valence-corrected chi connectivity index (χ0v) is 13.7. The van der Waals surface area contributed by atoms with Gasteiger partial charge in [0.05, 0.1) is 5.56 Å². The SMILES string of the molecule is CCN(CC)C(=O)C(C)Nc1cc(Br)ccc1C(F)(F)F. The number of amides is 1. The normalized spacial score (nSPS) is 12.9. The topological polar surface area (TPSA) is 32.3 Å². The first-order valence-electron chi connectivity index (χ1n) is 6.62. The summed E-state index contributed by atoms with van der Waals surface area (Å²) in [7, 11) is 0. The predicted octanol–water partition coefficient (Wildman–Crippen LogP) is 4.14. The van der Waals surface area contributed by atoms with Crippen LogP contribution in [0.5, 0.6) is 0 Å². The molecule has 0 aliphatic carbocycles. The van der Waals surface area contributed by atoms with Gasteiger partial charge in [-0.05, 0) is 39.0 Å². The van der Waals surface area contributed by atoms with Gasteiger partial charge in [-0.3, -0.25) is 4.79 Å². The standard InChI is InChI=1S/C14H18BrF3N2O/c1-4-20(5-2)13(21)9(3)19-12-8-10(15)6-7-11(12)14(16,17)18/h6-9,19H,4-5H2,1-3H3. The molecule has 0 aromatic heterocycles. The molecule has 1 rings (SSSR count). The van der Waals surface area contributed by atoms with Crippen LogP contribution in [0.2, 0.25) is 0 Å². The molecule has 0 aliphatic rings. The quantitative estimate of drug-likeness (QED) is 0.849. The number of alkyl halides is 3. The molecular weight excluding hydrogens is 349 g/mol. The van der Waals surface area contributed by atoms with Crippen LogP contribution in [0, 0.1) is 0 Å². The van der Waals surface area contributed by atoms with Gasteiger partial charge in [0.2, 0.25) is 5.91 Å². The number of benzene rings is 1. The first kappa shape index (κ1) is 17.8. The summed E-state index contributed by atoms with van der Waals surface area (Å²) in [6.45, 7) is 6.25. The molecule has 1 unspecified atom stereocenters. The maximum absolute atomic E-state index is 13.0. The van der Waals surface area contributed by atoms with Crippen molar-refractivity contribution in [3.05, 3.63) is 28.2 Å². The summed E-state index contributed by atoms with van der Waals surface area (Å²) < 4.78 is 39.4. The lowest BCUT2D eigenvalue weighted by molar-refractivity contribution is -0.137. The summed E-state index contributed by atoms with van der Waals surface area (Å²) in [5, 5.41) is 2.67. The first-order chi connectivity index (χ1) is 9.70. The van der Waals surface area contributed by atoms with Gasteiger partial charge in [-0.2, -0.15) is 13.2 Å². The molecule has 0 aliphatic heterocycles. The molecule has 0 bridgehead atoms. The van der Waals surface area contributed by atoms with E-state index in [1.807, 2.05) is 13.8 Å². The van der Waals surface area contributed by atoms with Crippen molar-refractivity contribution in [3.63, 3.8) is 0 Å². The zero-order chi connectivity index (χ0) is 16.2. The highest BCUT2D eigenvalue weighted by Gasteiger charge is 2.34. The average molecular weight is 367 g/mol. The van der Waals surface area contributed by atoms with Crippen LogP contribution in [-0.4, -0.2) is 29.9 Å². The van der Waals surface area contributed by atoms with E-state index in [4.69, 9.17) is 0 Å². The van der Waals surface area contributed by atoms with Gasteiger partial charge in [0.25, 0.3) is 0 Å². The van der Waals surface area contributed by atoms with Crippen LogP contribution in [0.4, 0.5) is 18.9 Å². The number of carbonyl (C=O) groups is 1. The van der Waals surface area contributed by atoms with Crippen LogP contribution < -0.4 is 5.32 Å². The van der Waals surface area contributed by atoms with E-state index < -0.39 is 17.8 Å². The lowest BCUT2D eigenvalue weighted by Crippen LogP contribution is -2.41. The molecule has 0 radical (unpaired) electrons.